The zero-order chi connectivity index (χ0) is 20.3. The molecule has 0 aliphatic heterocycles. The van der Waals surface area contributed by atoms with Crippen LogP contribution in [0.5, 0.6) is 0 Å². The van der Waals surface area contributed by atoms with Crippen molar-refractivity contribution in [3.63, 3.8) is 0 Å². The highest BCUT2D eigenvalue weighted by Crippen LogP contribution is 2.27. The van der Waals surface area contributed by atoms with Crippen molar-refractivity contribution in [1.29, 1.82) is 0 Å². The third-order valence-corrected chi connectivity index (χ3v) is 6.58. The Morgan fingerprint density at radius 1 is 1.14 bits per heavy atom. The van der Waals surface area contributed by atoms with Crippen LogP contribution in [0.2, 0.25) is 5.02 Å². The van der Waals surface area contributed by atoms with E-state index in [1.807, 2.05) is 0 Å². The number of amides is 1. The molecular weight excluding hydrogens is 403 g/mol. The number of hydrogen-bond donors (Lipinski definition) is 2. The predicted molar refractivity (Wildman–Crippen MR) is 108 cm³/mol. The number of sulfonamides is 1. The molecule has 2 aromatic carbocycles. The first-order chi connectivity index (χ1) is 13.2. The fourth-order valence-corrected chi connectivity index (χ4v) is 4.69. The topological polar surface area (TPSA) is 75.3 Å². The average Bonchev–Trinajstić information content (AvgIpc) is 2.63. The van der Waals surface area contributed by atoms with E-state index >= 15 is 0 Å². The average molecular weight is 425 g/mol. The Balaban J connectivity index is 1.77. The Hall–Kier alpha value is -2.12. The summed E-state index contributed by atoms with van der Waals surface area (Å²) < 4.78 is 40.4. The van der Waals surface area contributed by atoms with Crippen LogP contribution >= 0.6 is 11.6 Å². The lowest BCUT2D eigenvalue weighted by Gasteiger charge is -2.27. The van der Waals surface area contributed by atoms with E-state index in [0.717, 1.165) is 43.5 Å². The van der Waals surface area contributed by atoms with Gasteiger partial charge in [0.2, 0.25) is 0 Å². The van der Waals surface area contributed by atoms with Gasteiger partial charge in [-0.3, -0.25) is 9.52 Å². The lowest BCUT2D eigenvalue weighted by atomic mass is 9.87. The van der Waals surface area contributed by atoms with Crippen LogP contribution in [0.25, 0.3) is 0 Å². The molecule has 2 aromatic rings. The monoisotopic (exact) mass is 424 g/mol. The lowest BCUT2D eigenvalue weighted by molar-refractivity contribution is 0.0921. The number of rotatable bonds is 5. The van der Waals surface area contributed by atoms with Crippen molar-refractivity contribution in [3.8, 4) is 0 Å². The van der Waals surface area contributed by atoms with Gasteiger partial charge in [0.15, 0.2) is 0 Å². The number of benzene rings is 2. The normalized spacial score (nSPS) is 19.8. The van der Waals surface area contributed by atoms with Crippen molar-refractivity contribution in [1.82, 2.24) is 5.32 Å². The van der Waals surface area contributed by atoms with E-state index in [2.05, 4.69) is 17.0 Å². The third-order valence-electron chi connectivity index (χ3n) is 4.87. The van der Waals surface area contributed by atoms with Crippen molar-refractivity contribution in [2.24, 2.45) is 5.92 Å². The zero-order valence-corrected chi connectivity index (χ0v) is 17.0. The summed E-state index contributed by atoms with van der Waals surface area (Å²) in [7, 11) is -3.96. The minimum Gasteiger partial charge on any atom is -0.349 e. The molecule has 8 heteroatoms. The lowest BCUT2D eigenvalue weighted by Crippen LogP contribution is -2.38. The van der Waals surface area contributed by atoms with Crippen molar-refractivity contribution in [3.05, 3.63) is 58.9 Å². The molecule has 1 amide bonds. The van der Waals surface area contributed by atoms with E-state index in [-0.39, 0.29) is 27.6 Å². The maximum atomic E-state index is 13.0. The highest BCUT2D eigenvalue weighted by Gasteiger charge is 2.22. The molecule has 1 saturated carbocycles. The summed E-state index contributed by atoms with van der Waals surface area (Å²) in [5.41, 5.74) is 0.412. The fourth-order valence-electron chi connectivity index (χ4n) is 3.40. The zero-order valence-electron chi connectivity index (χ0n) is 15.4. The number of nitrogens with one attached hydrogen (secondary N) is 2. The van der Waals surface area contributed by atoms with Crippen LogP contribution in [0.3, 0.4) is 0 Å². The van der Waals surface area contributed by atoms with Gasteiger partial charge < -0.3 is 5.32 Å². The molecule has 0 saturated heterocycles. The first kappa shape index (κ1) is 20.6. The van der Waals surface area contributed by atoms with Gasteiger partial charge in [-0.05, 0) is 61.2 Å². The van der Waals surface area contributed by atoms with Gasteiger partial charge in [-0.15, -0.1) is 0 Å². The van der Waals surface area contributed by atoms with E-state index in [1.165, 1.54) is 18.6 Å². The standard InChI is InChI=1S/C20H22ClFN2O3S/c1-13-3-2-4-16(11-13)23-20(25)14-5-10-18(21)19(12-14)24-28(26,27)17-8-6-15(22)7-9-17/h5-10,12-13,16,24H,2-4,11H2,1H3,(H,23,25). The molecule has 0 radical (unpaired) electrons. The highest BCUT2D eigenvalue weighted by atomic mass is 35.5. The summed E-state index contributed by atoms with van der Waals surface area (Å²) in [6.45, 7) is 2.17. The molecule has 1 aliphatic carbocycles. The smallest absolute Gasteiger partial charge is 0.261 e. The first-order valence-corrected chi connectivity index (χ1v) is 11.0. The van der Waals surface area contributed by atoms with Crippen LogP contribution in [-0.2, 0) is 10.0 Å². The Bertz CT molecular complexity index is 964. The van der Waals surface area contributed by atoms with Crippen molar-refractivity contribution in [2.75, 3.05) is 4.72 Å². The maximum absolute atomic E-state index is 13.0. The number of anilines is 1. The second-order valence-corrected chi connectivity index (χ2v) is 9.29. The molecule has 2 atom stereocenters. The Morgan fingerprint density at radius 3 is 2.54 bits per heavy atom. The number of hydrogen-bond acceptors (Lipinski definition) is 3. The quantitative estimate of drug-likeness (QED) is 0.737. The van der Waals surface area contributed by atoms with E-state index in [1.54, 1.807) is 6.07 Å². The summed E-state index contributed by atoms with van der Waals surface area (Å²) in [6.07, 6.45) is 4.12. The minimum atomic E-state index is -3.96. The molecule has 28 heavy (non-hydrogen) atoms. The van der Waals surface area contributed by atoms with Crippen LogP contribution in [0.1, 0.15) is 43.0 Å². The molecule has 150 valence electrons. The molecule has 0 heterocycles. The Labute approximate surface area is 169 Å². The fraction of sp³-hybridized carbons (Fsp3) is 0.350. The van der Waals surface area contributed by atoms with Crippen LogP contribution in [0.15, 0.2) is 47.4 Å². The molecule has 1 fully saturated rings. The largest absolute Gasteiger partial charge is 0.349 e. The van der Waals surface area contributed by atoms with E-state index in [0.29, 0.717) is 11.5 Å². The maximum Gasteiger partial charge on any atom is 0.261 e. The molecular formula is C20H22ClFN2O3S. The Morgan fingerprint density at radius 2 is 1.86 bits per heavy atom. The van der Waals surface area contributed by atoms with Crippen LogP contribution in [0, 0.1) is 11.7 Å². The molecule has 0 bridgehead atoms. The first-order valence-electron chi connectivity index (χ1n) is 9.13. The highest BCUT2D eigenvalue weighted by molar-refractivity contribution is 7.92. The summed E-state index contributed by atoms with van der Waals surface area (Å²) in [4.78, 5) is 12.5. The van der Waals surface area contributed by atoms with Gasteiger partial charge in [0.05, 0.1) is 15.6 Å². The van der Waals surface area contributed by atoms with E-state index in [9.17, 15) is 17.6 Å². The van der Waals surface area contributed by atoms with Crippen LogP contribution in [0.4, 0.5) is 10.1 Å². The second kappa shape index (κ2) is 8.49. The second-order valence-electron chi connectivity index (χ2n) is 7.20. The van der Waals surface area contributed by atoms with Gasteiger partial charge in [-0.25, -0.2) is 12.8 Å². The van der Waals surface area contributed by atoms with Crippen LogP contribution in [-0.4, -0.2) is 20.4 Å². The summed E-state index contributed by atoms with van der Waals surface area (Å²) in [5.74, 6) is -0.229. The number of carbonyl (C=O) groups excluding carboxylic acids is 1. The van der Waals surface area contributed by atoms with Crippen molar-refractivity contribution >= 4 is 33.2 Å². The van der Waals surface area contributed by atoms with Crippen molar-refractivity contribution in [2.45, 2.75) is 43.5 Å². The van der Waals surface area contributed by atoms with Gasteiger partial charge in [0.25, 0.3) is 15.9 Å². The summed E-state index contributed by atoms with van der Waals surface area (Å²) >= 11 is 6.11. The predicted octanol–water partition coefficient (Wildman–Crippen LogP) is 4.59. The van der Waals surface area contributed by atoms with E-state index in [4.69, 9.17) is 11.6 Å². The SMILES string of the molecule is CC1CCCC(NC(=O)c2ccc(Cl)c(NS(=O)(=O)c3ccc(F)cc3)c2)C1. The van der Waals surface area contributed by atoms with Gasteiger partial charge in [-0.2, -0.15) is 0 Å². The van der Waals surface area contributed by atoms with Gasteiger partial charge in [0, 0.05) is 11.6 Å². The molecule has 2 unspecified atom stereocenters. The van der Waals surface area contributed by atoms with Gasteiger partial charge in [0.1, 0.15) is 5.82 Å². The molecule has 0 aromatic heterocycles. The minimum absolute atomic E-state index is 0.0932. The van der Waals surface area contributed by atoms with Gasteiger partial charge in [-0.1, -0.05) is 31.4 Å². The Kier molecular flexibility index (Phi) is 6.25. The molecule has 5 nitrogen and oxygen atoms in total. The molecule has 3 rings (SSSR count). The summed E-state index contributed by atoms with van der Waals surface area (Å²) in [5, 5.41) is 3.17. The third kappa shape index (κ3) is 5.02. The van der Waals surface area contributed by atoms with Crippen LogP contribution < -0.4 is 10.0 Å². The molecule has 0 spiro atoms. The molecule has 2 N–H and O–H groups in total. The summed E-state index contributed by atoms with van der Waals surface area (Å²) in [6, 6.07) is 8.99. The molecule has 1 aliphatic rings. The number of carbonyl (C=O) groups is 1. The number of halogens is 2. The van der Waals surface area contributed by atoms with Crippen molar-refractivity contribution < 1.29 is 17.6 Å². The van der Waals surface area contributed by atoms with E-state index < -0.39 is 15.8 Å². The van der Waals surface area contributed by atoms with Gasteiger partial charge >= 0.3 is 0 Å².